The van der Waals surface area contributed by atoms with Gasteiger partial charge in [-0.15, -0.1) is 12.6 Å². The Morgan fingerprint density at radius 1 is 1.11 bits per heavy atom. The molecule has 1 N–H and O–H groups in total. The lowest BCUT2D eigenvalue weighted by Crippen LogP contribution is -2.12. The van der Waals surface area contributed by atoms with Crippen LogP contribution in [0.1, 0.15) is 10.4 Å². The third kappa shape index (κ3) is 3.19. The molecule has 92 valence electrons. The first kappa shape index (κ1) is 13.3. The maximum absolute atomic E-state index is 12.0. The zero-order valence-electron chi connectivity index (χ0n) is 9.15. The van der Waals surface area contributed by atoms with E-state index in [0.717, 1.165) is 0 Å². The molecule has 0 saturated heterocycles. The molecule has 0 aliphatic carbocycles. The summed E-state index contributed by atoms with van der Waals surface area (Å²) in [6.45, 7) is 0. The van der Waals surface area contributed by atoms with Crippen molar-refractivity contribution in [2.75, 3.05) is 5.32 Å². The largest absolute Gasteiger partial charge is 0.322 e. The van der Waals surface area contributed by atoms with E-state index in [-0.39, 0.29) is 5.91 Å². The van der Waals surface area contributed by atoms with Crippen LogP contribution in [-0.2, 0) is 0 Å². The molecule has 2 aromatic carbocycles. The maximum Gasteiger partial charge on any atom is 0.257 e. The Balaban J connectivity index is 2.24. The topological polar surface area (TPSA) is 29.1 Å². The van der Waals surface area contributed by atoms with Gasteiger partial charge in [-0.3, -0.25) is 4.79 Å². The average Bonchev–Trinajstić information content (AvgIpc) is 2.32. The molecule has 1 amide bonds. The number of nitrogens with one attached hydrogen (secondary N) is 1. The summed E-state index contributed by atoms with van der Waals surface area (Å²) in [6.07, 6.45) is 0. The molecule has 0 aliphatic rings. The molecule has 0 unspecified atom stereocenters. The van der Waals surface area contributed by atoms with Crippen LogP contribution >= 0.6 is 35.8 Å². The second-order valence-corrected chi connectivity index (χ2v) is 4.99. The molecule has 0 aliphatic heterocycles. The fourth-order valence-electron chi connectivity index (χ4n) is 1.45. The Morgan fingerprint density at radius 2 is 1.89 bits per heavy atom. The lowest BCUT2D eigenvalue weighted by Gasteiger charge is -2.07. The van der Waals surface area contributed by atoms with Crippen LogP contribution in [0.25, 0.3) is 0 Å². The Labute approximate surface area is 120 Å². The van der Waals surface area contributed by atoms with Crippen molar-refractivity contribution < 1.29 is 4.79 Å². The second-order valence-electron chi connectivity index (χ2n) is 3.63. The molecule has 0 fully saturated rings. The Bertz CT molecular complexity index is 601. The fourth-order valence-corrected chi connectivity index (χ4v) is 2.05. The molecule has 2 aromatic rings. The molecule has 0 spiro atoms. The van der Waals surface area contributed by atoms with E-state index in [2.05, 4.69) is 17.9 Å². The van der Waals surface area contributed by atoms with E-state index < -0.39 is 0 Å². The summed E-state index contributed by atoms with van der Waals surface area (Å²) in [5.74, 6) is -0.293. The van der Waals surface area contributed by atoms with E-state index in [9.17, 15) is 4.79 Å². The summed E-state index contributed by atoms with van der Waals surface area (Å²) in [7, 11) is 0. The Hall–Kier alpha value is -1.16. The summed E-state index contributed by atoms with van der Waals surface area (Å²) in [5.41, 5.74) is 0.997. The third-order valence-corrected chi connectivity index (χ3v) is 3.12. The summed E-state index contributed by atoms with van der Waals surface area (Å²) in [5, 5.41) is 3.66. The summed E-state index contributed by atoms with van der Waals surface area (Å²) >= 11 is 16.0. The normalized spacial score (nSPS) is 10.2. The molecule has 2 nitrogen and oxygen atoms in total. The molecule has 0 radical (unpaired) electrons. The van der Waals surface area contributed by atoms with Gasteiger partial charge in [-0.25, -0.2) is 0 Å². The minimum atomic E-state index is -0.293. The van der Waals surface area contributed by atoms with Gasteiger partial charge in [-0.2, -0.15) is 0 Å². The molecule has 18 heavy (non-hydrogen) atoms. The van der Waals surface area contributed by atoms with Crippen molar-refractivity contribution in [3.05, 3.63) is 58.1 Å². The smallest absolute Gasteiger partial charge is 0.257 e. The number of amides is 1. The van der Waals surface area contributed by atoms with Crippen molar-refractivity contribution in [3.63, 3.8) is 0 Å². The van der Waals surface area contributed by atoms with Crippen LogP contribution in [0.4, 0.5) is 5.69 Å². The number of hydrogen-bond donors (Lipinski definition) is 2. The quantitative estimate of drug-likeness (QED) is 0.783. The van der Waals surface area contributed by atoms with Gasteiger partial charge in [0.15, 0.2) is 0 Å². The minimum Gasteiger partial charge on any atom is -0.322 e. The second kappa shape index (κ2) is 5.65. The molecule has 5 heteroatoms. The number of carbonyl (C=O) groups is 1. The van der Waals surface area contributed by atoms with Gasteiger partial charge in [-0.05, 0) is 36.4 Å². The highest BCUT2D eigenvalue weighted by Crippen LogP contribution is 2.22. The lowest BCUT2D eigenvalue weighted by molar-refractivity contribution is 0.102. The van der Waals surface area contributed by atoms with Crippen LogP contribution in [0, 0.1) is 0 Å². The number of anilines is 1. The molecule has 0 saturated carbocycles. The minimum absolute atomic E-state index is 0.293. The van der Waals surface area contributed by atoms with Crippen molar-refractivity contribution in [2.45, 2.75) is 4.90 Å². The van der Waals surface area contributed by atoms with Gasteiger partial charge in [0.1, 0.15) is 0 Å². The highest BCUT2D eigenvalue weighted by molar-refractivity contribution is 7.80. The number of thiol groups is 1. The standard InChI is InChI=1S/C13H9Cl2NOS/c14-8-2-1-3-9(6-8)16-13(17)11-7-10(18)4-5-12(11)15/h1-7,18H,(H,16,17). The fraction of sp³-hybridized carbons (Fsp3) is 0. The number of rotatable bonds is 2. The van der Waals surface area contributed by atoms with Gasteiger partial charge in [0, 0.05) is 15.6 Å². The third-order valence-electron chi connectivity index (χ3n) is 2.28. The Kier molecular flexibility index (Phi) is 4.17. The van der Waals surface area contributed by atoms with Gasteiger partial charge >= 0.3 is 0 Å². The van der Waals surface area contributed by atoms with Crippen LogP contribution in [0.15, 0.2) is 47.4 Å². The summed E-state index contributed by atoms with van der Waals surface area (Å²) in [6, 6.07) is 11.9. The highest BCUT2D eigenvalue weighted by Gasteiger charge is 2.11. The molecule has 0 atom stereocenters. The zero-order valence-corrected chi connectivity index (χ0v) is 11.6. The van der Waals surface area contributed by atoms with Crippen LogP contribution in [0.3, 0.4) is 0 Å². The van der Waals surface area contributed by atoms with Crippen molar-refractivity contribution in [2.24, 2.45) is 0 Å². The molecule has 0 bridgehead atoms. The monoisotopic (exact) mass is 297 g/mol. The van der Waals surface area contributed by atoms with Crippen molar-refractivity contribution in [1.29, 1.82) is 0 Å². The van der Waals surface area contributed by atoms with Crippen molar-refractivity contribution >= 4 is 47.4 Å². The first-order valence-corrected chi connectivity index (χ1v) is 6.32. The van der Waals surface area contributed by atoms with Crippen LogP contribution in [0.2, 0.25) is 10.0 Å². The van der Waals surface area contributed by atoms with Gasteiger partial charge in [0.2, 0.25) is 0 Å². The highest BCUT2D eigenvalue weighted by atomic mass is 35.5. The SMILES string of the molecule is O=C(Nc1cccc(Cl)c1)c1cc(S)ccc1Cl. The van der Waals surface area contributed by atoms with E-state index >= 15 is 0 Å². The van der Waals surface area contributed by atoms with Crippen LogP contribution in [0.5, 0.6) is 0 Å². The Morgan fingerprint density at radius 3 is 2.61 bits per heavy atom. The predicted octanol–water partition coefficient (Wildman–Crippen LogP) is 4.53. The molecular formula is C13H9Cl2NOS. The average molecular weight is 298 g/mol. The van der Waals surface area contributed by atoms with E-state index in [0.29, 0.717) is 26.2 Å². The number of hydrogen-bond acceptors (Lipinski definition) is 2. The zero-order chi connectivity index (χ0) is 13.1. The van der Waals surface area contributed by atoms with Gasteiger partial charge in [0.05, 0.1) is 10.6 Å². The summed E-state index contributed by atoms with van der Waals surface area (Å²) in [4.78, 5) is 12.7. The molecule has 2 rings (SSSR count). The van der Waals surface area contributed by atoms with E-state index in [4.69, 9.17) is 23.2 Å². The van der Waals surface area contributed by atoms with E-state index in [1.807, 2.05) is 0 Å². The predicted molar refractivity (Wildman–Crippen MR) is 78.1 cm³/mol. The van der Waals surface area contributed by atoms with Gasteiger partial charge < -0.3 is 5.32 Å². The first-order chi connectivity index (χ1) is 8.56. The van der Waals surface area contributed by atoms with Crippen LogP contribution in [-0.4, -0.2) is 5.91 Å². The summed E-state index contributed by atoms with van der Waals surface area (Å²) < 4.78 is 0. The van der Waals surface area contributed by atoms with Gasteiger partial charge in [0.25, 0.3) is 5.91 Å². The van der Waals surface area contributed by atoms with E-state index in [1.165, 1.54) is 0 Å². The molecular weight excluding hydrogens is 289 g/mol. The lowest BCUT2D eigenvalue weighted by atomic mass is 10.2. The van der Waals surface area contributed by atoms with Crippen molar-refractivity contribution in [1.82, 2.24) is 0 Å². The van der Waals surface area contributed by atoms with Crippen molar-refractivity contribution in [3.8, 4) is 0 Å². The molecule has 0 aromatic heterocycles. The van der Waals surface area contributed by atoms with Gasteiger partial charge in [-0.1, -0.05) is 29.3 Å². The molecule has 0 heterocycles. The maximum atomic E-state index is 12.0. The first-order valence-electron chi connectivity index (χ1n) is 5.12. The number of halogens is 2. The number of benzene rings is 2. The number of carbonyl (C=O) groups excluding carboxylic acids is 1. The van der Waals surface area contributed by atoms with E-state index in [1.54, 1.807) is 42.5 Å². The van der Waals surface area contributed by atoms with Crippen LogP contribution < -0.4 is 5.32 Å².